The van der Waals surface area contributed by atoms with Gasteiger partial charge in [-0.05, 0) is 117 Å². The fraction of sp³-hybridized carbons (Fsp3) is 0.310. The minimum Gasteiger partial charge on any atom is -0.481 e. The summed E-state index contributed by atoms with van der Waals surface area (Å²) in [7, 11) is 0. The molecule has 2 aromatic heterocycles. The molecule has 4 aromatic rings. The Morgan fingerprint density at radius 1 is 0.920 bits per heavy atom. The van der Waals surface area contributed by atoms with E-state index in [4.69, 9.17) is 10.7 Å². The molecule has 0 bridgehead atoms. The predicted octanol–water partition coefficient (Wildman–Crippen LogP) is 7.64. The Labute approximate surface area is 295 Å². The lowest BCUT2D eigenvalue weighted by Gasteiger charge is -2.23. The molecule has 0 spiro atoms. The fourth-order valence-corrected chi connectivity index (χ4v) is 6.72. The van der Waals surface area contributed by atoms with Crippen LogP contribution in [0.3, 0.4) is 0 Å². The number of aliphatic imine (C=N–C) groups is 1. The SMILES string of the molecule is CC=N/C(=C(/C)C=C(C)c1nc(CCCN(Cc2ccccc2)Cc2ccccc2)cc2c1CCC2)c1cc(CCC(=O)O)cnc1C(N)=O. The number of carboxylic acid groups (broad SMARTS) is 1. The van der Waals surface area contributed by atoms with Crippen LogP contribution in [-0.4, -0.2) is 44.6 Å². The van der Waals surface area contributed by atoms with Crippen LogP contribution in [0, 0.1) is 0 Å². The summed E-state index contributed by atoms with van der Waals surface area (Å²) in [5.74, 6) is -1.57. The number of fused-ring (bicyclic) bond motifs is 1. The van der Waals surface area contributed by atoms with Gasteiger partial charge in [0.15, 0.2) is 0 Å². The summed E-state index contributed by atoms with van der Waals surface area (Å²) in [5, 5.41) is 9.20. The summed E-state index contributed by atoms with van der Waals surface area (Å²) < 4.78 is 0. The van der Waals surface area contributed by atoms with Crippen molar-refractivity contribution in [2.45, 2.75) is 78.8 Å². The first-order valence-electron chi connectivity index (χ1n) is 17.4. The number of carbonyl (C=O) groups is 2. The number of allylic oxidation sites excluding steroid dienone is 3. The highest BCUT2D eigenvalue weighted by Gasteiger charge is 2.21. The predicted molar refractivity (Wildman–Crippen MR) is 201 cm³/mol. The van der Waals surface area contributed by atoms with Gasteiger partial charge in [-0.15, -0.1) is 0 Å². The number of carbonyl (C=O) groups excluding carboxylic acids is 1. The van der Waals surface area contributed by atoms with Crippen molar-refractivity contribution < 1.29 is 14.7 Å². The molecule has 0 radical (unpaired) electrons. The van der Waals surface area contributed by atoms with Crippen molar-refractivity contribution in [3.05, 3.63) is 141 Å². The Hall–Kier alpha value is -5.21. The van der Waals surface area contributed by atoms with Gasteiger partial charge in [-0.2, -0.15) is 0 Å². The number of carboxylic acids is 1. The average molecular weight is 670 g/mol. The summed E-state index contributed by atoms with van der Waals surface area (Å²) in [6, 6.07) is 25.4. The van der Waals surface area contributed by atoms with E-state index >= 15 is 0 Å². The van der Waals surface area contributed by atoms with E-state index in [-0.39, 0.29) is 18.5 Å². The van der Waals surface area contributed by atoms with Gasteiger partial charge >= 0.3 is 5.97 Å². The number of amides is 1. The molecule has 0 aliphatic heterocycles. The van der Waals surface area contributed by atoms with Gasteiger partial charge in [-0.1, -0.05) is 66.7 Å². The van der Waals surface area contributed by atoms with Crippen molar-refractivity contribution >= 4 is 29.4 Å². The monoisotopic (exact) mass is 669 g/mol. The normalized spacial score (nSPS) is 13.5. The Morgan fingerprint density at radius 3 is 2.22 bits per heavy atom. The molecule has 0 saturated carbocycles. The summed E-state index contributed by atoms with van der Waals surface area (Å²) in [4.78, 5) is 40.4. The van der Waals surface area contributed by atoms with Crippen LogP contribution in [-0.2, 0) is 43.6 Å². The van der Waals surface area contributed by atoms with Crippen LogP contribution in [0.25, 0.3) is 11.3 Å². The second kappa shape index (κ2) is 17.4. The second-order valence-electron chi connectivity index (χ2n) is 13.0. The van der Waals surface area contributed by atoms with Crippen LogP contribution >= 0.6 is 0 Å². The third kappa shape index (κ3) is 9.70. The quantitative estimate of drug-likeness (QED) is 0.0934. The molecule has 1 aliphatic carbocycles. The van der Waals surface area contributed by atoms with Crippen LogP contribution in [0.2, 0.25) is 0 Å². The number of hydrogen-bond donors (Lipinski definition) is 2. The Balaban J connectivity index is 1.41. The van der Waals surface area contributed by atoms with Gasteiger partial charge in [-0.25, -0.2) is 0 Å². The lowest BCUT2D eigenvalue weighted by atomic mass is 9.97. The Morgan fingerprint density at radius 2 is 1.60 bits per heavy atom. The smallest absolute Gasteiger partial charge is 0.303 e. The van der Waals surface area contributed by atoms with Crippen molar-refractivity contribution in [3.63, 3.8) is 0 Å². The van der Waals surface area contributed by atoms with Gasteiger partial charge in [0.05, 0.1) is 11.4 Å². The number of primary amides is 1. The molecule has 8 nitrogen and oxygen atoms in total. The fourth-order valence-electron chi connectivity index (χ4n) is 6.72. The van der Waals surface area contributed by atoms with E-state index in [0.717, 1.165) is 74.3 Å². The molecule has 0 atom stereocenters. The number of rotatable bonds is 16. The molecule has 0 fully saturated rings. The topological polar surface area (TPSA) is 122 Å². The average Bonchev–Trinajstić information content (AvgIpc) is 3.59. The third-order valence-electron chi connectivity index (χ3n) is 9.05. The van der Waals surface area contributed by atoms with Crippen LogP contribution in [0.5, 0.6) is 0 Å². The highest BCUT2D eigenvalue weighted by atomic mass is 16.4. The lowest BCUT2D eigenvalue weighted by molar-refractivity contribution is -0.136. The van der Waals surface area contributed by atoms with Gasteiger partial charge in [0, 0.05) is 43.2 Å². The highest BCUT2D eigenvalue weighted by molar-refractivity contribution is 5.97. The maximum atomic E-state index is 12.4. The molecule has 5 rings (SSSR count). The number of benzene rings is 2. The molecule has 1 amide bonds. The first-order valence-corrected chi connectivity index (χ1v) is 17.4. The van der Waals surface area contributed by atoms with E-state index in [1.807, 2.05) is 13.8 Å². The van der Waals surface area contributed by atoms with Crippen LogP contribution in [0.1, 0.15) is 95.3 Å². The van der Waals surface area contributed by atoms with E-state index in [1.54, 1.807) is 12.3 Å². The van der Waals surface area contributed by atoms with E-state index in [9.17, 15) is 14.7 Å². The van der Waals surface area contributed by atoms with Crippen molar-refractivity contribution in [1.29, 1.82) is 0 Å². The number of pyridine rings is 2. The van der Waals surface area contributed by atoms with Gasteiger partial charge in [0.25, 0.3) is 5.91 Å². The molecule has 2 heterocycles. The zero-order chi connectivity index (χ0) is 35.5. The molecular formula is C42H47N5O3. The lowest BCUT2D eigenvalue weighted by Crippen LogP contribution is -2.24. The summed E-state index contributed by atoms with van der Waals surface area (Å²) in [5.41, 5.74) is 16.9. The van der Waals surface area contributed by atoms with E-state index < -0.39 is 11.9 Å². The van der Waals surface area contributed by atoms with Crippen LogP contribution < -0.4 is 5.73 Å². The zero-order valence-corrected chi connectivity index (χ0v) is 29.4. The first kappa shape index (κ1) is 36.1. The summed E-state index contributed by atoms with van der Waals surface area (Å²) in [6.07, 6.45) is 10.5. The molecule has 50 heavy (non-hydrogen) atoms. The number of aromatic nitrogens is 2. The minimum absolute atomic E-state index is 0.0453. The third-order valence-corrected chi connectivity index (χ3v) is 9.05. The van der Waals surface area contributed by atoms with Crippen molar-refractivity contribution in [2.24, 2.45) is 10.7 Å². The van der Waals surface area contributed by atoms with Crippen molar-refractivity contribution in [3.8, 4) is 0 Å². The zero-order valence-electron chi connectivity index (χ0n) is 29.4. The van der Waals surface area contributed by atoms with E-state index in [0.29, 0.717) is 16.8 Å². The van der Waals surface area contributed by atoms with Gasteiger partial charge < -0.3 is 10.8 Å². The molecule has 2 aromatic carbocycles. The molecule has 0 unspecified atom stereocenters. The second-order valence-corrected chi connectivity index (χ2v) is 13.0. The highest BCUT2D eigenvalue weighted by Crippen LogP contribution is 2.32. The number of nitrogens with zero attached hydrogens (tertiary/aromatic N) is 4. The van der Waals surface area contributed by atoms with Gasteiger partial charge in [-0.3, -0.25) is 29.4 Å². The van der Waals surface area contributed by atoms with Crippen LogP contribution in [0.4, 0.5) is 0 Å². The van der Waals surface area contributed by atoms with Crippen LogP contribution in [0.15, 0.2) is 95.6 Å². The van der Waals surface area contributed by atoms with E-state index in [2.05, 4.69) is 94.6 Å². The summed E-state index contributed by atoms with van der Waals surface area (Å²) in [6.45, 7) is 8.59. The van der Waals surface area contributed by atoms with Crippen molar-refractivity contribution in [1.82, 2.24) is 14.9 Å². The molecule has 3 N–H and O–H groups in total. The molecular weight excluding hydrogens is 622 g/mol. The van der Waals surface area contributed by atoms with Gasteiger partial charge in [0.2, 0.25) is 0 Å². The number of aryl methyl sites for hydroxylation is 3. The Bertz CT molecular complexity index is 1860. The molecule has 1 aliphatic rings. The summed E-state index contributed by atoms with van der Waals surface area (Å²) >= 11 is 0. The molecule has 8 heteroatoms. The number of nitrogens with two attached hydrogens (primary N) is 1. The Kier molecular flexibility index (Phi) is 12.6. The number of aliphatic carboxylic acids is 1. The molecule has 258 valence electrons. The maximum Gasteiger partial charge on any atom is 0.303 e. The van der Waals surface area contributed by atoms with E-state index in [1.165, 1.54) is 28.5 Å². The van der Waals surface area contributed by atoms with Gasteiger partial charge in [0.1, 0.15) is 5.69 Å². The standard InChI is InChI=1S/C42H47N5O3/c1-4-44-39(37-24-33(20-21-38(48)49)26-45-41(37)42(43)50)29(2)23-30(3)40-36-19-11-17-34(36)25-35(46-40)18-12-22-47(27-31-13-7-5-8-14-31)28-32-15-9-6-10-16-32/h4-10,13-16,23-26H,11-12,17-22,27-28H2,1-3H3,(H2,43,50)(H,48,49)/b30-23?,39-29-,44-4?. The molecule has 0 saturated heterocycles. The maximum absolute atomic E-state index is 12.4. The first-order chi connectivity index (χ1) is 24.2. The number of hydrogen-bond acceptors (Lipinski definition) is 6. The minimum atomic E-state index is -0.901. The van der Waals surface area contributed by atoms with Crippen molar-refractivity contribution in [2.75, 3.05) is 6.54 Å². The largest absolute Gasteiger partial charge is 0.481 e.